The second-order valence-corrected chi connectivity index (χ2v) is 6.22. The topological polar surface area (TPSA) is 56.8 Å². The summed E-state index contributed by atoms with van der Waals surface area (Å²) in [5.74, 6) is 1.37. The lowest BCUT2D eigenvalue weighted by molar-refractivity contribution is -0.116. The highest BCUT2D eigenvalue weighted by atomic mass is 16.7. The fraction of sp³-hybridized carbons (Fsp3) is 0.526. The molecule has 1 N–H and O–H groups in total. The molecule has 1 aliphatic heterocycles. The Labute approximate surface area is 143 Å². The number of carbonyl (C=O) groups excluding carboxylic acids is 1. The van der Waals surface area contributed by atoms with Crippen molar-refractivity contribution in [2.75, 3.05) is 19.9 Å². The molecule has 1 aromatic rings. The molecule has 0 bridgehead atoms. The number of nitrogens with one attached hydrogen (secondary N) is 1. The van der Waals surface area contributed by atoms with Crippen molar-refractivity contribution in [1.29, 1.82) is 0 Å². The van der Waals surface area contributed by atoms with Crippen LogP contribution in [0.2, 0.25) is 0 Å². The zero-order valence-electron chi connectivity index (χ0n) is 14.0. The largest absolute Gasteiger partial charge is 0.454 e. The lowest BCUT2D eigenvalue weighted by Gasteiger charge is -2.21. The first-order valence-electron chi connectivity index (χ1n) is 8.78. The molecular formula is C19H25NO4. The third-order valence-corrected chi connectivity index (χ3v) is 4.35. The maximum absolute atomic E-state index is 11.8. The van der Waals surface area contributed by atoms with E-state index in [4.69, 9.17) is 14.2 Å². The van der Waals surface area contributed by atoms with E-state index in [-0.39, 0.29) is 12.7 Å². The van der Waals surface area contributed by atoms with Crippen LogP contribution in [-0.2, 0) is 9.53 Å². The Hall–Kier alpha value is -2.01. The molecule has 0 spiro atoms. The van der Waals surface area contributed by atoms with E-state index in [2.05, 4.69) is 5.32 Å². The molecule has 1 amide bonds. The van der Waals surface area contributed by atoms with Crippen LogP contribution in [0.4, 0.5) is 0 Å². The molecule has 0 atom stereocenters. The van der Waals surface area contributed by atoms with Crippen LogP contribution in [0.1, 0.15) is 44.1 Å². The molecule has 5 heteroatoms. The van der Waals surface area contributed by atoms with Gasteiger partial charge in [0, 0.05) is 19.2 Å². The van der Waals surface area contributed by atoms with Crippen LogP contribution < -0.4 is 14.8 Å². The van der Waals surface area contributed by atoms with Crippen LogP contribution in [0.15, 0.2) is 24.3 Å². The van der Waals surface area contributed by atoms with Crippen molar-refractivity contribution in [2.24, 2.45) is 0 Å². The Morgan fingerprint density at radius 3 is 2.92 bits per heavy atom. The summed E-state index contributed by atoms with van der Waals surface area (Å²) in [5.41, 5.74) is 0.912. The second kappa shape index (κ2) is 8.73. The van der Waals surface area contributed by atoms with E-state index in [1.54, 1.807) is 12.2 Å². The molecule has 0 saturated heterocycles. The van der Waals surface area contributed by atoms with Gasteiger partial charge in [0.15, 0.2) is 11.5 Å². The minimum atomic E-state index is -0.0923. The molecule has 1 aliphatic carbocycles. The van der Waals surface area contributed by atoms with Crippen molar-refractivity contribution >= 4 is 12.0 Å². The number of hydrogen-bond donors (Lipinski definition) is 1. The van der Waals surface area contributed by atoms with E-state index in [0.717, 1.165) is 30.1 Å². The fourth-order valence-corrected chi connectivity index (χ4v) is 3.01. The summed E-state index contributed by atoms with van der Waals surface area (Å²) in [5, 5.41) is 2.88. The maximum atomic E-state index is 11.8. The van der Waals surface area contributed by atoms with Gasteiger partial charge in [-0.3, -0.25) is 4.79 Å². The van der Waals surface area contributed by atoms with Crippen LogP contribution in [0.5, 0.6) is 11.5 Å². The summed E-state index contributed by atoms with van der Waals surface area (Å²) in [6, 6.07) is 5.61. The summed E-state index contributed by atoms with van der Waals surface area (Å²) in [6.07, 6.45) is 10.9. The Morgan fingerprint density at radius 2 is 2.04 bits per heavy atom. The molecule has 1 aromatic carbocycles. The summed E-state index contributed by atoms with van der Waals surface area (Å²) in [7, 11) is 0. The molecule has 1 heterocycles. The normalized spacial score (nSPS) is 17.3. The van der Waals surface area contributed by atoms with Gasteiger partial charge in [0.1, 0.15) is 0 Å². The third kappa shape index (κ3) is 4.99. The van der Waals surface area contributed by atoms with Gasteiger partial charge in [0.25, 0.3) is 0 Å². The molecule has 1 fully saturated rings. The van der Waals surface area contributed by atoms with Crippen molar-refractivity contribution in [3.63, 3.8) is 0 Å². The number of carbonyl (C=O) groups is 1. The average Bonchev–Trinajstić information content (AvgIpc) is 3.08. The minimum Gasteiger partial charge on any atom is -0.454 e. The molecule has 2 aliphatic rings. The molecule has 130 valence electrons. The SMILES string of the molecule is O=C(/C=C/c1ccc2c(c1)OCO2)NCCCOC1CCCCC1. The summed E-state index contributed by atoms with van der Waals surface area (Å²) in [4.78, 5) is 11.8. The molecule has 0 radical (unpaired) electrons. The van der Waals surface area contributed by atoms with E-state index in [1.807, 2.05) is 18.2 Å². The predicted molar refractivity (Wildman–Crippen MR) is 92.1 cm³/mol. The van der Waals surface area contributed by atoms with Gasteiger partial charge in [0.05, 0.1) is 6.10 Å². The van der Waals surface area contributed by atoms with Crippen molar-refractivity contribution < 1.29 is 19.0 Å². The van der Waals surface area contributed by atoms with Gasteiger partial charge < -0.3 is 19.5 Å². The summed E-state index contributed by atoms with van der Waals surface area (Å²) >= 11 is 0. The van der Waals surface area contributed by atoms with Gasteiger partial charge in [-0.25, -0.2) is 0 Å². The van der Waals surface area contributed by atoms with Crippen molar-refractivity contribution in [3.8, 4) is 11.5 Å². The van der Waals surface area contributed by atoms with Gasteiger partial charge in [0.2, 0.25) is 12.7 Å². The first-order chi connectivity index (χ1) is 11.8. The number of hydrogen-bond acceptors (Lipinski definition) is 4. The van der Waals surface area contributed by atoms with Crippen molar-refractivity contribution in [3.05, 3.63) is 29.8 Å². The lowest BCUT2D eigenvalue weighted by Crippen LogP contribution is -2.24. The molecule has 5 nitrogen and oxygen atoms in total. The number of fused-ring (bicyclic) bond motifs is 1. The van der Waals surface area contributed by atoms with Crippen LogP contribution in [0.3, 0.4) is 0 Å². The Bertz CT molecular complexity index is 579. The molecular weight excluding hydrogens is 306 g/mol. The Morgan fingerprint density at radius 1 is 1.21 bits per heavy atom. The summed E-state index contributed by atoms with van der Waals surface area (Å²) < 4.78 is 16.4. The monoisotopic (exact) mass is 331 g/mol. The molecule has 3 rings (SSSR count). The smallest absolute Gasteiger partial charge is 0.244 e. The maximum Gasteiger partial charge on any atom is 0.244 e. The molecule has 1 saturated carbocycles. The lowest BCUT2D eigenvalue weighted by atomic mass is 9.98. The van der Waals surface area contributed by atoms with E-state index in [0.29, 0.717) is 12.6 Å². The average molecular weight is 331 g/mol. The number of benzene rings is 1. The van der Waals surface area contributed by atoms with Gasteiger partial charge in [-0.15, -0.1) is 0 Å². The molecule has 0 unspecified atom stereocenters. The van der Waals surface area contributed by atoms with E-state index < -0.39 is 0 Å². The van der Waals surface area contributed by atoms with Crippen LogP contribution >= 0.6 is 0 Å². The first kappa shape index (κ1) is 16.8. The van der Waals surface area contributed by atoms with Gasteiger partial charge in [-0.1, -0.05) is 25.3 Å². The third-order valence-electron chi connectivity index (χ3n) is 4.35. The van der Waals surface area contributed by atoms with Gasteiger partial charge >= 0.3 is 0 Å². The quantitative estimate of drug-likeness (QED) is 0.615. The van der Waals surface area contributed by atoms with E-state index in [1.165, 1.54) is 32.1 Å². The number of amides is 1. The van der Waals surface area contributed by atoms with Gasteiger partial charge in [-0.05, 0) is 43.0 Å². The Balaban J connectivity index is 1.32. The fourth-order valence-electron chi connectivity index (χ4n) is 3.01. The van der Waals surface area contributed by atoms with Crippen LogP contribution in [0, 0.1) is 0 Å². The van der Waals surface area contributed by atoms with Gasteiger partial charge in [-0.2, -0.15) is 0 Å². The molecule has 0 aromatic heterocycles. The summed E-state index contributed by atoms with van der Waals surface area (Å²) in [6.45, 7) is 1.61. The Kier molecular flexibility index (Phi) is 6.13. The number of rotatable bonds is 7. The highest BCUT2D eigenvalue weighted by molar-refractivity contribution is 5.91. The highest BCUT2D eigenvalue weighted by Gasteiger charge is 2.13. The number of ether oxygens (including phenoxy) is 3. The highest BCUT2D eigenvalue weighted by Crippen LogP contribution is 2.32. The van der Waals surface area contributed by atoms with E-state index >= 15 is 0 Å². The van der Waals surface area contributed by atoms with E-state index in [9.17, 15) is 4.79 Å². The second-order valence-electron chi connectivity index (χ2n) is 6.22. The van der Waals surface area contributed by atoms with Crippen LogP contribution in [0.25, 0.3) is 6.08 Å². The predicted octanol–water partition coefficient (Wildman–Crippen LogP) is 3.28. The molecule has 24 heavy (non-hydrogen) atoms. The minimum absolute atomic E-state index is 0.0923. The zero-order chi connectivity index (χ0) is 16.6. The first-order valence-corrected chi connectivity index (χ1v) is 8.78. The van der Waals surface area contributed by atoms with Crippen LogP contribution in [-0.4, -0.2) is 32.0 Å². The van der Waals surface area contributed by atoms with Crippen molar-refractivity contribution in [2.45, 2.75) is 44.6 Å². The zero-order valence-corrected chi connectivity index (χ0v) is 14.0. The van der Waals surface area contributed by atoms with Crippen molar-refractivity contribution in [1.82, 2.24) is 5.32 Å². The standard InChI is InChI=1S/C19H25NO4/c21-19(20-11-4-12-22-16-5-2-1-3-6-16)10-8-15-7-9-17-18(13-15)24-14-23-17/h7-10,13,16H,1-6,11-12,14H2,(H,20,21)/b10-8+.